The number of hydrogen-bond donors (Lipinski definition) is 1. The maximum absolute atomic E-state index is 12.7. The number of rotatable bonds is 3. The van der Waals surface area contributed by atoms with Crippen LogP contribution in [0.1, 0.15) is 33.1 Å². The van der Waals surface area contributed by atoms with E-state index in [9.17, 15) is 13.2 Å². The predicted molar refractivity (Wildman–Crippen MR) is 72.7 cm³/mol. The lowest BCUT2D eigenvalue weighted by atomic mass is 10.0. The molecule has 2 saturated heterocycles. The molecule has 110 valence electrons. The van der Waals surface area contributed by atoms with Crippen LogP contribution in [0.5, 0.6) is 0 Å². The molecule has 2 aliphatic heterocycles. The summed E-state index contributed by atoms with van der Waals surface area (Å²) in [6.45, 7) is 5.83. The summed E-state index contributed by atoms with van der Waals surface area (Å²) < 4.78 is 28.3. The van der Waals surface area contributed by atoms with Crippen molar-refractivity contribution in [2.75, 3.05) is 26.2 Å². The van der Waals surface area contributed by atoms with Gasteiger partial charge in [0.25, 0.3) is 10.2 Å². The SMILES string of the molecule is CCC1C(=O)NCCN1S(=O)(=O)N1CCCC(C)C1. The van der Waals surface area contributed by atoms with E-state index in [0.29, 0.717) is 38.5 Å². The number of amides is 1. The van der Waals surface area contributed by atoms with Gasteiger partial charge in [-0.2, -0.15) is 17.0 Å². The van der Waals surface area contributed by atoms with Gasteiger partial charge in [0.2, 0.25) is 5.91 Å². The third kappa shape index (κ3) is 2.93. The number of nitrogens with one attached hydrogen (secondary N) is 1. The largest absolute Gasteiger partial charge is 0.353 e. The first-order chi connectivity index (χ1) is 8.96. The van der Waals surface area contributed by atoms with E-state index in [1.54, 1.807) is 4.31 Å². The molecule has 0 spiro atoms. The fraction of sp³-hybridized carbons (Fsp3) is 0.917. The van der Waals surface area contributed by atoms with Crippen LogP contribution in [0.25, 0.3) is 0 Å². The lowest BCUT2D eigenvalue weighted by Crippen LogP contribution is -2.60. The highest BCUT2D eigenvalue weighted by Crippen LogP contribution is 2.23. The number of piperidine rings is 1. The molecule has 19 heavy (non-hydrogen) atoms. The van der Waals surface area contributed by atoms with E-state index in [4.69, 9.17) is 0 Å². The molecule has 2 unspecified atom stereocenters. The monoisotopic (exact) mass is 289 g/mol. The van der Waals surface area contributed by atoms with Gasteiger partial charge in [-0.15, -0.1) is 0 Å². The zero-order valence-corrected chi connectivity index (χ0v) is 12.4. The summed E-state index contributed by atoms with van der Waals surface area (Å²) in [6, 6.07) is -0.559. The Morgan fingerprint density at radius 2 is 2.11 bits per heavy atom. The Morgan fingerprint density at radius 3 is 2.74 bits per heavy atom. The summed E-state index contributed by atoms with van der Waals surface area (Å²) >= 11 is 0. The van der Waals surface area contributed by atoms with Crippen LogP contribution in [0, 0.1) is 5.92 Å². The normalized spacial score (nSPS) is 31.2. The minimum atomic E-state index is -3.51. The number of nitrogens with zero attached hydrogens (tertiary/aromatic N) is 2. The van der Waals surface area contributed by atoms with Gasteiger partial charge in [-0.25, -0.2) is 0 Å². The van der Waals surface area contributed by atoms with Crippen LogP contribution in [0.2, 0.25) is 0 Å². The fourth-order valence-electron chi connectivity index (χ4n) is 2.86. The molecule has 0 aliphatic carbocycles. The number of carbonyl (C=O) groups excluding carboxylic acids is 1. The van der Waals surface area contributed by atoms with E-state index in [-0.39, 0.29) is 5.91 Å². The molecule has 0 saturated carbocycles. The molecule has 2 rings (SSSR count). The fourth-order valence-corrected chi connectivity index (χ4v) is 4.85. The summed E-state index contributed by atoms with van der Waals surface area (Å²) in [5.74, 6) is 0.213. The van der Waals surface area contributed by atoms with Gasteiger partial charge in [0.15, 0.2) is 0 Å². The maximum atomic E-state index is 12.7. The van der Waals surface area contributed by atoms with E-state index in [2.05, 4.69) is 12.2 Å². The highest BCUT2D eigenvalue weighted by Gasteiger charge is 2.40. The average molecular weight is 289 g/mol. The molecule has 0 aromatic carbocycles. The van der Waals surface area contributed by atoms with Crippen molar-refractivity contribution in [1.82, 2.24) is 13.9 Å². The molecule has 0 radical (unpaired) electrons. The molecule has 2 atom stereocenters. The molecule has 2 fully saturated rings. The average Bonchev–Trinajstić information content (AvgIpc) is 2.38. The third-order valence-electron chi connectivity index (χ3n) is 3.91. The summed E-state index contributed by atoms with van der Waals surface area (Å²) in [6.07, 6.45) is 2.48. The quantitative estimate of drug-likeness (QED) is 0.805. The van der Waals surface area contributed by atoms with Crippen molar-refractivity contribution in [3.05, 3.63) is 0 Å². The lowest BCUT2D eigenvalue weighted by molar-refractivity contribution is -0.126. The van der Waals surface area contributed by atoms with E-state index in [0.717, 1.165) is 12.8 Å². The first-order valence-electron chi connectivity index (χ1n) is 7.01. The van der Waals surface area contributed by atoms with Gasteiger partial charge in [-0.1, -0.05) is 13.8 Å². The molecule has 2 aliphatic rings. The molecule has 2 heterocycles. The molecule has 1 amide bonds. The van der Waals surface area contributed by atoms with Crippen LogP contribution in [0.15, 0.2) is 0 Å². The van der Waals surface area contributed by atoms with Crippen molar-refractivity contribution in [2.45, 2.75) is 39.2 Å². The number of hydrogen-bond acceptors (Lipinski definition) is 3. The van der Waals surface area contributed by atoms with Gasteiger partial charge in [-0.3, -0.25) is 4.79 Å². The van der Waals surface area contributed by atoms with Crippen molar-refractivity contribution < 1.29 is 13.2 Å². The van der Waals surface area contributed by atoms with E-state index < -0.39 is 16.3 Å². The highest BCUT2D eigenvalue weighted by atomic mass is 32.2. The second kappa shape index (κ2) is 5.76. The van der Waals surface area contributed by atoms with Gasteiger partial charge in [0, 0.05) is 26.2 Å². The van der Waals surface area contributed by atoms with Gasteiger partial charge >= 0.3 is 0 Å². The molecule has 0 aromatic heterocycles. The number of piperazine rings is 1. The van der Waals surface area contributed by atoms with Crippen molar-refractivity contribution in [3.63, 3.8) is 0 Å². The summed E-state index contributed by atoms with van der Waals surface area (Å²) in [5.41, 5.74) is 0. The van der Waals surface area contributed by atoms with Crippen LogP contribution in [-0.2, 0) is 15.0 Å². The molecule has 1 N–H and O–H groups in total. The Morgan fingerprint density at radius 1 is 1.37 bits per heavy atom. The molecule has 6 nitrogen and oxygen atoms in total. The maximum Gasteiger partial charge on any atom is 0.282 e. The molecule has 7 heteroatoms. The third-order valence-corrected chi connectivity index (χ3v) is 5.92. The smallest absolute Gasteiger partial charge is 0.282 e. The zero-order chi connectivity index (χ0) is 14.0. The van der Waals surface area contributed by atoms with Crippen LogP contribution < -0.4 is 5.32 Å². The van der Waals surface area contributed by atoms with Gasteiger partial charge in [0.05, 0.1) is 0 Å². The Bertz CT molecular complexity index is 438. The zero-order valence-electron chi connectivity index (χ0n) is 11.6. The summed E-state index contributed by atoms with van der Waals surface area (Å²) in [4.78, 5) is 11.8. The van der Waals surface area contributed by atoms with Crippen LogP contribution in [0.4, 0.5) is 0 Å². The Hall–Kier alpha value is -0.660. The van der Waals surface area contributed by atoms with Gasteiger partial charge in [-0.05, 0) is 25.2 Å². The van der Waals surface area contributed by atoms with Crippen molar-refractivity contribution in [3.8, 4) is 0 Å². The van der Waals surface area contributed by atoms with Crippen molar-refractivity contribution in [1.29, 1.82) is 0 Å². The molecular formula is C12H23N3O3S. The second-order valence-electron chi connectivity index (χ2n) is 5.44. The molecule has 0 bridgehead atoms. The van der Waals surface area contributed by atoms with E-state index in [1.807, 2.05) is 6.92 Å². The number of carbonyl (C=O) groups is 1. The molecular weight excluding hydrogens is 266 g/mol. The minimum Gasteiger partial charge on any atom is -0.353 e. The summed E-state index contributed by atoms with van der Waals surface area (Å²) in [7, 11) is -3.51. The Balaban J connectivity index is 2.19. The van der Waals surface area contributed by atoms with E-state index in [1.165, 1.54) is 4.31 Å². The highest BCUT2D eigenvalue weighted by molar-refractivity contribution is 7.86. The van der Waals surface area contributed by atoms with Crippen molar-refractivity contribution >= 4 is 16.1 Å². The van der Waals surface area contributed by atoms with Crippen molar-refractivity contribution in [2.24, 2.45) is 5.92 Å². The minimum absolute atomic E-state index is 0.178. The standard InChI is InChI=1S/C12H23N3O3S/c1-3-11-12(16)13-6-8-15(11)19(17,18)14-7-4-5-10(2)9-14/h10-11H,3-9H2,1-2H3,(H,13,16). The topological polar surface area (TPSA) is 69.7 Å². The Kier molecular flexibility index (Phi) is 4.47. The second-order valence-corrected chi connectivity index (χ2v) is 7.32. The Labute approximate surface area is 115 Å². The van der Waals surface area contributed by atoms with Crippen LogP contribution >= 0.6 is 0 Å². The lowest BCUT2D eigenvalue weighted by Gasteiger charge is -2.39. The van der Waals surface area contributed by atoms with Crippen LogP contribution in [0.3, 0.4) is 0 Å². The summed E-state index contributed by atoms with van der Waals surface area (Å²) in [5, 5.41) is 2.73. The van der Waals surface area contributed by atoms with Gasteiger partial charge in [0.1, 0.15) is 6.04 Å². The van der Waals surface area contributed by atoms with Crippen LogP contribution in [-0.4, -0.2) is 55.2 Å². The van der Waals surface area contributed by atoms with E-state index >= 15 is 0 Å². The predicted octanol–water partition coefficient (Wildman–Crippen LogP) is 0.174. The first kappa shape index (κ1) is 14.7. The molecule has 0 aromatic rings. The van der Waals surface area contributed by atoms with Gasteiger partial charge < -0.3 is 5.32 Å². The first-order valence-corrected chi connectivity index (χ1v) is 8.41.